The predicted molar refractivity (Wildman–Crippen MR) is 137 cm³/mol. The number of aliphatic carboxylic acids is 1. The smallest absolute Gasteiger partial charge is 0.411 e. The number of aromatic nitrogens is 2. The van der Waals surface area contributed by atoms with Crippen molar-refractivity contribution in [1.82, 2.24) is 14.7 Å². The Morgan fingerprint density at radius 3 is 2.67 bits per heavy atom. The number of carbonyl (C=O) groups is 2. The van der Waals surface area contributed by atoms with Crippen LogP contribution in [0.1, 0.15) is 40.0 Å². The SMILES string of the molecule is CC(C)(C)OC(=O)N1C[C@@H](Oc2cccc(-c3cccc4nn(CCCCN)cc34)c2)C[C@H]1C(=O)O. The highest BCUT2D eigenvalue weighted by Crippen LogP contribution is 2.32. The van der Waals surface area contributed by atoms with Gasteiger partial charge in [0.05, 0.1) is 12.1 Å². The molecule has 3 N–H and O–H groups in total. The molecular formula is C27H34N4O5. The number of hydrogen-bond acceptors (Lipinski definition) is 6. The maximum Gasteiger partial charge on any atom is 0.411 e. The van der Waals surface area contributed by atoms with Gasteiger partial charge < -0.3 is 20.3 Å². The van der Waals surface area contributed by atoms with E-state index < -0.39 is 29.8 Å². The van der Waals surface area contributed by atoms with Gasteiger partial charge in [-0.05, 0) is 69.5 Å². The molecule has 2 atom stereocenters. The molecule has 0 bridgehead atoms. The van der Waals surface area contributed by atoms with Gasteiger partial charge in [-0.1, -0.05) is 24.3 Å². The number of fused-ring (bicyclic) bond motifs is 1. The quantitative estimate of drug-likeness (QED) is 0.448. The van der Waals surface area contributed by atoms with Crippen molar-refractivity contribution < 1.29 is 24.2 Å². The molecule has 192 valence electrons. The molecule has 1 amide bonds. The normalized spacial score (nSPS) is 17.9. The van der Waals surface area contributed by atoms with Gasteiger partial charge in [0.1, 0.15) is 23.5 Å². The van der Waals surface area contributed by atoms with Gasteiger partial charge >= 0.3 is 12.1 Å². The number of rotatable bonds is 8. The van der Waals surface area contributed by atoms with Gasteiger partial charge in [-0.15, -0.1) is 0 Å². The summed E-state index contributed by atoms with van der Waals surface area (Å²) in [6, 6.07) is 12.7. The highest BCUT2D eigenvalue weighted by molar-refractivity contribution is 5.94. The Morgan fingerprint density at radius 2 is 1.94 bits per heavy atom. The minimum absolute atomic E-state index is 0.140. The number of aryl methyl sites for hydroxylation is 1. The number of likely N-dealkylation sites (tertiary alicyclic amines) is 1. The topological polar surface area (TPSA) is 120 Å². The summed E-state index contributed by atoms with van der Waals surface area (Å²) < 4.78 is 13.5. The van der Waals surface area contributed by atoms with E-state index in [4.69, 9.17) is 20.3 Å². The van der Waals surface area contributed by atoms with Crippen LogP contribution in [0.5, 0.6) is 5.75 Å². The number of benzene rings is 2. The van der Waals surface area contributed by atoms with Gasteiger partial charge in [0.15, 0.2) is 0 Å². The maximum absolute atomic E-state index is 12.6. The Hall–Kier alpha value is -3.59. The molecule has 1 aliphatic heterocycles. The van der Waals surface area contributed by atoms with Crippen LogP contribution in [0.4, 0.5) is 4.79 Å². The molecule has 1 fully saturated rings. The van der Waals surface area contributed by atoms with Gasteiger partial charge in [0.25, 0.3) is 0 Å². The standard InChI is InChI=1S/C27H34N4O5/c1-27(2,3)36-26(34)31-16-20(15-24(31)25(32)33)35-19-9-6-8-18(14-19)21-10-7-11-23-22(21)17-30(29-23)13-5-4-12-28/h6-11,14,17,20,24H,4-5,12-13,15-16,28H2,1-3H3,(H,32,33)/t20-,24-/m0/s1. The summed E-state index contributed by atoms with van der Waals surface area (Å²) in [6.07, 6.45) is 3.06. The van der Waals surface area contributed by atoms with E-state index in [9.17, 15) is 14.7 Å². The van der Waals surface area contributed by atoms with E-state index in [0.29, 0.717) is 12.3 Å². The molecule has 36 heavy (non-hydrogen) atoms. The lowest BCUT2D eigenvalue weighted by Gasteiger charge is -2.26. The molecule has 9 nitrogen and oxygen atoms in total. The number of unbranched alkanes of at least 4 members (excludes halogenated alkanes) is 1. The zero-order chi connectivity index (χ0) is 25.9. The molecule has 1 saturated heterocycles. The summed E-state index contributed by atoms with van der Waals surface area (Å²) in [7, 11) is 0. The average Bonchev–Trinajstić information content (AvgIpc) is 3.42. The van der Waals surface area contributed by atoms with Crippen molar-refractivity contribution in [2.45, 2.75) is 64.3 Å². The van der Waals surface area contributed by atoms with E-state index in [-0.39, 0.29) is 13.0 Å². The van der Waals surface area contributed by atoms with E-state index in [0.717, 1.165) is 41.4 Å². The van der Waals surface area contributed by atoms with Gasteiger partial charge in [-0.3, -0.25) is 9.58 Å². The zero-order valence-electron chi connectivity index (χ0n) is 21.0. The lowest BCUT2D eigenvalue weighted by molar-refractivity contribution is -0.142. The maximum atomic E-state index is 12.6. The third kappa shape index (κ3) is 5.96. The summed E-state index contributed by atoms with van der Waals surface area (Å²) in [5, 5.41) is 15.4. The van der Waals surface area contributed by atoms with Crippen molar-refractivity contribution >= 4 is 23.0 Å². The molecule has 3 aromatic rings. The minimum atomic E-state index is -1.07. The van der Waals surface area contributed by atoms with Crippen molar-refractivity contribution in [2.75, 3.05) is 13.1 Å². The van der Waals surface area contributed by atoms with Crippen molar-refractivity contribution in [3.8, 4) is 16.9 Å². The second-order valence-corrected chi connectivity index (χ2v) is 10.1. The fourth-order valence-electron chi connectivity index (χ4n) is 4.45. The summed E-state index contributed by atoms with van der Waals surface area (Å²) in [6.45, 7) is 6.88. The van der Waals surface area contributed by atoms with Crippen LogP contribution in [0, 0.1) is 0 Å². The van der Waals surface area contributed by atoms with Crippen LogP contribution in [0.25, 0.3) is 22.0 Å². The van der Waals surface area contributed by atoms with Crippen LogP contribution in [0.2, 0.25) is 0 Å². The number of amides is 1. The first kappa shape index (κ1) is 25.5. The van der Waals surface area contributed by atoms with Crippen LogP contribution < -0.4 is 10.5 Å². The Balaban J connectivity index is 1.52. The molecule has 1 aliphatic rings. The second-order valence-electron chi connectivity index (χ2n) is 10.1. The molecule has 0 spiro atoms. The highest BCUT2D eigenvalue weighted by atomic mass is 16.6. The van der Waals surface area contributed by atoms with E-state index in [1.54, 1.807) is 20.8 Å². The van der Waals surface area contributed by atoms with Gasteiger partial charge in [-0.2, -0.15) is 5.10 Å². The average molecular weight is 495 g/mol. The first-order chi connectivity index (χ1) is 17.1. The van der Waals surface area contributed by atoms with Gasteiger partial charge in [0, 0.05) is 24.5 Å². The number of ether oxygens (including phenoxy) is 2. The number of carboxylic acids is 1. The fourth-order valence-corrected chi connectivity index (χ4v) is 4.45. The third-order valence-electron chi connectivity index (χ3n) is 6.06. The van der Waals surface area contributed by atoms with Crippen LogP contribution in [0.15, 0.2) is 48.7 Å². The molecule has 2 aromatic carbocycles. The fraction of sp³-hybridized carbons (Fsp3) is 0.444. The molecule has 0 unspecified atom stereocenters. The van der Waals surface area contributed by atoms with Gasteiger partial charge in [0.2, 0.25) is 0 Å². The molecule has 9 heteroatoms. The Kier molecular flexibility index (Phi) is 7.49. The number of carboxylic acid groups (broad SMARTS) is 1. The molecule has 0 aliphatic carbocycles. The summed E-state index contributed by atoms with van der Waals surface area (Å²) in [5.74, 6) is -0.462. The zero-order valence-corrected chi connectivity index (χ0v) is 21.0. The molecule has 0 saturated carbocycles. The van der Waals surface area contributed by atoms with Crippen molar-refractivity contribution in [1.29, 1.82) is 0 Å². The van der Waals surface area contributed by atoms with Crippen molar-refractivity contribution in [2.24, 2.45) is 5.73 Å². The second kappa shape index (κ2) is 10.6. The lowest BCUT2D eigenvalue weighted by atomic mass is 10.0. The molecule has 0 radical (unpaired) electrons. The monoisotopic (exact) mass is 494 g/mol. The van der Waals surface area contributed by atoms with E-state index in [2.05, 4.69) is 6.20 Å². The van der Waals surface area contributed by atoms with E-state index in [1.165, 1.54) is 4.90 Å². The molecular weight excluding hydrogens is 460 g/mol. The van der Waals surface area contributed by atoms with E-state index >= 15 is 0 Å². The van der Waals surface area contributed by atoms with Crippen LogP contribution in [0.3, 0.4) is 0 Å². The van der Waals surface area contributed by atoms with Crippen LogP contribution in [-0.4, -0.2) is 62.7 Å². The number of nitrogens with two attached hydrogens (primary N) is 1. The van der Waals surface area contributed by atoms with Crippen LogP contribution >= 0.6 is 0 Å². The van der Waals surface area contributed by atoms with Crippen LogP contribution in [-0.2, 0) is 16.1 Å². The number of hydrogen-bond donors (Lipinski definition) is 2. The van der Waals surface area contributed by atoms with Gasteiger partial charge in [-0.25, -0.2) is 9.59 Å². The summed E-state index contributed by atoms with van der Waals surface area (Å²) in [5.41, 5.74) is 7.82. The number of carbonyl (C=O) groups excluding carboxylic acids is 1. The molecule has 1 aromatic heterocycles. The predicted octanol–water partition coefficient (Wildman–Crippen LogP) is 4.28. The minimum Gasteiger partial charge on any atom is -0.488 e. The first-order valence-corrected chi connectivity index (χ1v) is 12.3. The molecule has 4 rings (SSSR count). The summed E-state index contributed by atoms with van der Waals surface area (Å²) in [4.78, 5) is 25.6. The number of nitrogens with zero attached hydrogens (tertiary/aromatic N) is 3. The molecule has 2 heterocycles. The first-order valence-electron chi connectivity index (χ1n) is 12.3. The highest BCUT2D eigenvalue weighted by Gasteiger charge is 2.42. The van der Waals surface area contributed by atoms with Crippen molar-refractivity contribution in [3.63, 3.8) is 0 Å². The summed E-state index contributed by atoms with van der Waals surface area (Å²) >= 11 is 0. The van der Waals surface area contributed by atoms with E-state index in [1.807, 2.05) is 47.1 Å². The Bertz CT molecular complexity index is 1230. The van der Waals surface area contributed by atoms with Crippen molar-refractivity contribution in [3.05, 3.63) is 48.7 Å². The lowest BCUT2D eigenvalue weighted by Crippen LogP contribution is -2.43. The largest absolute Gasteiger partial charge is 0.488 e. The Morgan fingerprint density at radius 1 is 1.17 bits per heavy atom. The Labute approximate surface area is 210 Å². The third-order valence-corrected chi connectivity index (χ3v) is 6.06.